The second-order valence-electron chi connectivity index (χ2n) is 4.84. The number of carbonyl (C=O) groups is 2. The van der Waals surface area contributed by atoms with Crippen molar-refractivity contribution in [2.45, 2.75) is 39.0 Å². The molecule has 0 radical (unpaired) electrons. The highest BCUT2D eigenvalue weighted by Gasteiger charge is 2.09. The predicted octanol–water partition coefficient (Wildman–Crippen LogP) is 2.95. The number of aryl methyl sites for hydroxylation is 1. The van der Waals surface area contributed by atoms with Gasteiger partial charge in [-0.25, -0.2) is 4.98 Å². The molecule has 2 aromatic rings. The first-order chi connectivity index (χ1) is 9.60. The molecule has 2 N–H and O–H groups in total. The zero-order chi connectivity index (χ0) is 14.5. The standard InChI is InChI=1S/C15H18N2O3/c1-2-4-14-16-11-8-7-10(9-12(11)17-14)13(18)5-3-6-15(19)20/h7-9H,2-6H2,1H3,(H,16,17)(H,19,20). The van der Waals surface area contributed by atoms with Crippen LogP contribution in [-0.2, 0) is 11.2 Å². The van der Waals surface area contributed by atoms with Gasteiger partial charge in [-0.05, 0) is 31.0 Å². The monoisotopic (exact) mass is 274 g/mol. The molecule has 5 nitrogen and oxygen atoms in total. The number of hydrogen-bond donors (Lipinski definition) is 2. The normalized spacial score (nSPS) is 10.8. The van der Waals surface area contributed by atoms with E-state index in [2.05, 4.69) is 16.9 Å². The van der Waals surface area contributed by atoms with Gasteiger partial charge >= 0.3 is 5.97 Å². The van der Waals surface area contributed by atoms with Crippen LogP contribution in [0.25, 0.3) is 11.0 Å². The Bertz CT molecular complexity index is 631. The highest BCUT2D eigenvalue weighted by Crippen LogP contribution is 2.16. The number of carbonyl (C=O) groups excluding carboxylic acids is 1. The number of aromatic nitrogens is 2. The van der Waals surface area contributed by atoms with E-state index in [1.807, 2.05) is 6.07 Å². The molecule has 0 saturated carbocycles. The third-order valence-electron chi connectivity index (χ3n) is 3.13. The lowest BCUT2D eigenvalue weighted by Gasteiger charge is -2.00. The number of nitrogens with one attached hydrogen (secondary N) is 1. The van der Waals surface area contributed by atoms with E-state index in [1.54, 1.807) is 12.1 Å². The number of imidazole rings is 1. The van der Waals surface area contributed by atoms with Crippen molar-refractivity contribution < 1.29 is 14.7 Å². The van der Waals surface area contributed by atoms with Crippen LogP contribution < -0.4 is 0 Å². The van der Waals surface area contributed by atoms with E-state index < -0.39 is 5.97 Å². The average Bonchev–Trinajstić information content (AvgIpc) is 2.79. The Morgan fingerprint density at radius 2 is 2.10 bits per heavy atom. The van der Waals surface area contributed by atoms with Crippen LogP contribution in [0.2, 0.25) is 0 Å². The van der Waals surface area contributed by atoms with Crippen LogP contribution in [0.4, 0.5) is 0 Å². The fraction of sp³-hybridized carbons (Fsp3) is 0.400. The first-order valence-corrected chi connectivity index (χ1v) is 6.83. The molecule has 0 aliphatic rings. The van der Waals surface area contributed by atoms with Gasteiger partial charge in [-0.1, -0.05) is 6.92 Å². The van der Waals surface area contributed by atoms with Crippen LogP contribution in [0.15, 0.2) is 18.2 Å². The van der Waals surface area contributed by atoms with Crippen LogP contribution in [0, 0.1) is 0 Å². The molecule has 1 heterocycles. The Kier molecular flexibility index (Phi) is 4.50. The lowest BCUT2D eigenvalue weighted by molar-refractivity contribution is -0.137. The molecule has 0 saturated heterocycles. The molecule has 0 aliphatic carbocycles. The molecule has 20 heavy (non-hydrogen) atoms. The Balaban J connectivity index is 2.10. The fourth-order valence-electron chi connectivity index (χ4n) is 2.14. The summed E-state index contributed by atoms with van der Waals surface area (Å²) in [4.78, 5) is 30.1. The number of Topliss-reactive ketones (excluding diaryl/α,β-unsaturated/α-hetero) is 1. The minimum absolute atomic E-state index is 0.0265. The Morgan fingerprint density at radius 3 is 2.80 bits per heavy atom. The zero-order valence-corrected chi connectivity index (χ0v) is 11.5. The molecule has 106 valence electrons. The van der Waals surface area contributed by atoms with E-state index in [9.17, 15) is 9.59 Å². The van der Waals surface area contributed by atoms with Crippen molar-refractivity contribution in [3.63, 3.8) is 0 Å². The Labute approximate surface area is 117 Å². The van der Waals surface area contributed by atoms with Crippen molar-refractivity contribution in [3.8, 4) is 0 Å². The summed E-state index contributed by atoms with van der Waals surface area (Å²) in [5, 5.41) is 8.57. The third-order valence-corrected chi connectivity index (χ3v) is 3.13. The summed E-state index contributed by atoms with van der Waals surface area (Å²) in [7, 11) is 0. The Morgan fingerprint density at radius 1 is 1.30 bits per heavy atom. The molecule has 5 heteroatoms. The van der Waals surface area contributed by atoms with E-state index in [1.165, 1.54) is 0 Å². The minimum Gasteiger partial charge on any atom is -0.481 e. The summed E-state index contributed by atoms with van der Waals surface area (Å²) >= 11 is 0. The summed E-state index contributed by atoms with van der Waals surface area (Å²) in [6.45, 7) is 2.09. The van der Waals surface area contributed by atoms with Crippen molar-refractivity contribution in [1.29, 1.82) is 0 Å². The van der Waals surface area contributed by atoms with Gasteiger partial charge in [0.15, 0.2) is 5.78 Å². The zero-order valence-electron chi connectivity index (χ0n) is 11.5. The van der Waals surface area contributed by atoms with Crippen LogP contribution >= 0.6 is 0 Å². The maximum absolute atomic E-state index is 12.0. The number of carboxylic acids is 1. The van der Waals surface area contributed by atoms with Crippen molar-refractivity contribution in [3.05, 3.63) is 29.6 Å². The summed E-state index contributed by atoms with van der Waals surface area (Å²) < 4.78 is 0. The number of carboxylic acid groups (broad SMARTS) is 1. The first kappa shape index (κ1) is 14.2. The van der Waals surface area contributed by atoms with Crippen molar-refractivity contribution in [2.24, 2.45) is 0 Å². The number of H-pyrrole nitrogens is 1. The first-order valence-electron chi connectivity index (χ1n) is 6.83. The highest BCUT2D eigenvalue weighted by molar-refractivity contribution is 5.99. The molecule has 0 amide bonds. The number of fused-ring (bicyclic) bond motifs is 1. The van der Waals surface area contributed by atoms with Gasteiger partial charge in [0.1, 0.15) is 5.82 Å². The van der Waals surface area contributed by atoms with Crippen molar-refractivity contribution in [2.75, 3.05) is 0 Å². The van der Waals surface area contributed by atoms with Gasteiger partial charge in [-0.15, -0.1) is 0 Å². The molecule has 1 aromatic carbocycles. The molecule has 0 unspecified atom stereocenters. The summed E-state index contributed by atoms with van der Waals surface area (Å²) in [6.07, 6.45) is 2.56. The van der Waals surface area contributed by atoms with Crippen LogP contribution in [0.1, 0.15) is 48.8 Å². The smallest absolute Gasteiger partial charge is 0.303 e. The minimum atomic E-state index is -0.869. The van der Waals surface area contributed by atoms with Gasteiger partial charge in [-0.2, -0.15) is 0 Å². The molecule has 2 rings (SSSR count). The third kappa shape index (κ3) is 3.44. The number of rotatable bonds is 7. The second kappa shape index (κ2) is 6.32. The van der Waals surface area contributed by atoms with E-state index in [0.717, 1.165) is 29.7 Å². The maximum Gasteiger partial charge on any atom is 0.303 e. The van der Waals surface area contributed by atoms with E-state index in [0.29, 0.717) is 12.0 Å². The quantitative estimate of drug-likeness (QED) is 0.760. The fourth-order valence-corrected chi connectivity index (χ4v) is 2.14. The molecule has 0 bridgehead atoms. The Hall–Kier alpha value is -2.17. The lowest BCUT2D eigenvalue weighted by atomic mass is 10.1. The molecule has 0 spiro atoms. The molecule has 1 aromatic heterocycles. The van der Waals surface area contributed by atoms with Gasteiger partial charge in [-0.3, -0.25) is 9.59 Å². The number of benzene rings is 1. The largest absolute Gasteiger partial charge is 0.481 e. The predicted molar refractivity (Wildman–Crippen MR) is 75.9 cm³/mol. The molecular weight excluding hydrogens is 256 g/mol. The maximum atomic E-state index is 12.0. The number of ketones is 1. The van der Waals surface area contributed by atoms with Gasteiger partial charge in [0.25, 0.3) is 0 Å². The van der Waals surface area contributed by atoms with Gasteiger partial charge < -0.3 is 10.1 Å². The summed E-state index contributed by atoms with van der Waals surface area (Å²) in [5.74, 6) is 0.0313. The highest BCUT2D eigenvalue weighted by atomic mass is 16.4. The van der Waals surface area contributed by atoms with Gasteiger partial charge in [0.2, 0.25) is 0 Å². The molecule has 0 aliphatic heterocycles. The van der Waals surface area contributed by atoms with Gasteiger partial charge in [0, 0.05) is 24.8 Å². The van der Waals surface area contributed by atoms with Crippen LogP contribution in [-0.4, -0.2) is 26.8 Å². The van der Waals surface area contributed by atoms with Crippen LogP contribution in [0.5, 0.6) is 0 Å². The topological polar surface area (TPSA) is 83.1 Å². The second-order valence-corrected chi connectivity index (χ2v) is 4.84. The van der Waals surface area contributed by atoms with Gasteiger partial charge in [0.05, 0.1) is 11.0 Å². The average molecular weight is 274 g/mol. The van der Waals surface area contributed by atoms with E-state index in [4.69, 9.17) is 5.11 Å². The number of aromatic amines is 1. The van der Waals surface area contributed by atoms with Crippen LogP contribution in [0.3, 0.4) is 0 Å². The van der Waals surface area contributed by atoms with Crippen molar-refractivity contribution in [1.82, 2.24) is 9.97 Å². The van der Waals surface area contributed by atoms with E-state index >= 15 is 0 Å². The number of hydrogen-bond acceptors (Lipinski definition) is 3. The number of aliphatic carboxylic acids is 1. The van der Waals surface area contributed by atoms with Crippen molar-refractivity contribution >= 4 is 22.8 Å². The molecular formula is C15H18N2O3. The SMILES string of the molecule is CCCc1nc2ccc(C(=O)CCCC(=O)O)cc2[nH]1. The lowest BCUT2D eigenvalue weighted by Crippen LogP contribution is -2.01. The van der Waals surface area contributed by atoms with E-state index in [-0.39, 0.29) is 18.6 Å². The summed E-state index contributed by atoms with van der Waals surface area (Å²) in [5.41, 5.74) is 2.32. The summed E-state index contributed by atoms with van der Waals surface area (Å²) in [6, 6.07) is 5.38. The molecule has 0 fully saturated rings. The molecule has 0 atom stereocenters. The number of nitrogens with zero attached hydrogens (tertiary/aromatic N) is 1.